The lowest BCUT2D eigenvalue weighted by atomic mass is 10.0. The first-order valence-electron chi connectivity index (χ1n) is 7.39. The van der Waals surface area contributed by atoms with E-state index in [2.05, 4.69) is 37.1 Å². The molecule has 1 unspecified atom stereocenters. The van der Waals surface area contributed by atoms with Gasteiger partial charge in [0.05, 0.1) is 5.52 Å². The van der Waals surface area contributed by atoms with Crippen LogP contribution in [0.4, 0.5) is 11.4 Å². The van der Waals surface area contributed by atoms with Gasteiger partial charge in [-0.2, -0.15) is 0 Å². The predicted octanol–water partition coefficient (Wildman–Crippen LogP) is 4.36. The number of aromatic nitrogens is 1. The molecule has 0 saturated heterocycles. The molecule has 0 saturated carbocycles. The van der Waals surface area contributed by atoms with E-state index in [1.165, 1.54) is 12.8 Å². The fourth-order valence-electron chi connectivity index (χ4n) is 2.42. The van der Waals surface area contributed by atoms with Crippen LogP contribution >= 0.6 is 0 Å². The first-order valence-corrected chi connectivity index (χ1v) is 7.39. The average Bonchev–Trinajstić information content (AvgIpc) is 2.37. The maximum absolute atomic E-state index is 5.90. The quantitative estimate of drug-likeness (QED) is 0.794. The van der Waals surface area contributed by atoms with Crippen LogP contribution in [0.1, 0.15) is 39.3 Å². The molecule has 0 radical (unpaired) electrons. The van der Waals surface area contributed by atoms with Crippen LogP contribution in [0.5, 0.6) is 0 Å². The number of nitrogens with two attached hydrogens (primary N) is 1. The van der Waals surface area contributed by atoms with Crippen LogP contribution in [0.25, 0.3) is 10.9 Å². The number of rotatable bonds is 5. The van der Waals surface area contributed by atoms with Crippen LogP contribution in [0, 0.1) is 12.8 Å². The highest BCUT2D eigenvalue weighted by Crippen LogP contribution is 2.26. The Bertz CT molecular complexity index is 590. The summed E-state index contributed by atoms with van der Waals surface area (Å²) >= 11 is 0. The third kappa shape index (κ3) is 3.62. The summed E-state index contributed by atoms with van der Waals surface area (Å²) in [5.74, 6) is 0.741. The standard InChI is InChI=1S/C17H25N3/c1-11(2)5-6-12(3)19-17-9-13(4)20-16-8-7-14(18)10-15(16)17/h7-12H,5-6,18H2,1-4H3,(H,19,20). The number of pyridine rings is 1. The number of nitrogens with one attached hydrogen (secondary N) is 1. The molecule has 20 heavy (non-hydrogen) atoms. The predicted molar refractivity (Wildman–Crippen MR) is 88.0 cm³/mol. The van der Waals surface area contributed by atoms with Gasteiger partial charge < -0.3 is 11.1 Å². The van der Waals surface area contributed by atoms with Crippen LogP contribution < -0.4 is 11.1 Å². The van der Waals surface area contributed by atoms with E-state index in [1.54, 1.807) is 0 Å². The molecule has 1 heterocycles. The highest BCUT2D eigenvalue weighted by Gasteiger charge is 2.08. The molecule has 1 atom stereocenters. The van der Waals surface area contributed by atoms with Crippen molar-refractivity contribution < 1.29 is 0 Å². The van der Waals surface area contributed by atoms with Gasteiger partial charge in [0.1, 0.15) is 0 Å². The van der Waals surface area contributed by atoms with Crippen molar-refractivity contribution in [1.82, 2.24) is 4.98 Å². The molecule has 1 aromatic carbocycles. The number of hydrogen-bond acceptors (Lipinski definition) is 3. The third-order valence-electron chi connectivity index (χ3n) is 3.54. The van der Waals surface area contributed by atoms with E-state index < -0.39 is 0 Å². The minimum absolute atomic E-state index is 0.448. The number of aryl methyl sites for hydroxylation is 1. The van der Waals surface area contributed by atoms with E-state index >= 15 is 0 Å². The minimum Gasteiger partial charge on any atom is -0.399 e. The van der Waals surface area contributed by atoms with Crippen molar-refractivity contribution in [3.63, 3.8) is 0 Å². The summed E-state index contributed by atoms with van der Waals surface area (Å²) in [4.78, 5) is 4.56. The molecule has 0 aliphatic heterocycles. The first kappa shape index (κ1) is 14.6. The lowest BCUT2D eigenvalue weighted by Gasteiger charge is -2.18. The fraction of sp³-hybridized carbons (Fsp3) is 0.471. The zero-order chi connectivity index (χ0) is 14.7. The van der Waals surface area contributed by atoms with Gasteiger partial charge in [-0.1, -0.05) is 13.8 Å². The molecule has 3 N–H and O–H groups in total. The maximum Gasteiger partial charge on any atom is 0.0727 e. The molecule has 1 aromatic heterocycles. The second-order valence-electron chi connectivity index (χ2n) is 6.10. The van der Waals surface area contributed by atoms with Crippen LogP contribution in [0.2, 0.25) is 0 Å². The van der Waals surface area contributed by atoms with Crippen molar-refractivity contribution in [1.29, 1.82) is 0 Å². The van der Waals surface area contributed by atoms with E-state index in [0.29, 0.717) is 6.04 Å². The highest BCUT2D eigenvalue weighted by molar-refractivity contribution is 5.93. The van der Waals surface area contributed by atoms with Gasteiger partial charge in [0.15, 0.2) is 0 Å². The number of nitrogen functional groups attached to an aromatic ring is 1. The molecular weight excluding hydrogens is 246 g/mol. The average molecular weight is 271 g/mol. The molecular formula is C17H25N3. The number of benzene rings is 1. The Hall–Kier alpha value is -1.77. The van der Waals surface area contributed by atoms with Gasteiger partial charge in [-0.25, -0.2) is 0 Å². The Morgan fingerprint density at radius 3 is 2.60 bits per heavy atom. The Morgan fingerprint density at radius 2 is 1.90 bits per heavy atom. The van der Waals surface area contributed by atoms with Crippen LogP contribution in [-0.4, -0.2) is 11.0 Å². The summed E-state index contributed by atoms with van der Waals surface area (Å²) in [6.07, 6.45) is 2.40. The van der Waals surface area contributed by atoms with Crippen molar-refractivity contribution in [3.8, 4) is 0 Å². The SMILES string of the molecule is Cc1cc(NC(C)CCC(C)C)c2cc(N)ccc2n1. The number of nitrogens with zero attached hydrogens (tertiary/aromatic N) is 1. The molecule has 3 nitrogen and oxygen atoms in total. The molecule has 0 spiro atoms. The molecule has 0 amide bonds. The second-order valence-corrected chi connectivity index (χ2v) is 6.10. The molecule has 0 bridgehead atoms. The van der Waals surface area contributed by atoms with Gasteiger partial charge in [-0.05, 0) is 56.9 Å². The number of anilines is 2. The van der Waals surface area contributed by atoms with Crippen molar-refractivity contribution in [2.75, 3.05) is 11.1 Å². The van der Waals surface area contributed by atoms with Crippen molar-refractivity contribution in [2.24, 2.45) is 5.92 Å². The Morgan fingerprint density at radius 1 is 1.15 bits per heavy atom. The molecule has 2 aromatic rings. The van der Waals surface area contributed by atoms with Crippen molar-refractivity contribution in [2.45, 2.75) is 46.6 Å². The zero-order valence-corrected chi connectivity index (χ0v) is 12.9. The number of hydrogen-bond donors (Lipinski definition) is 2. The largest absolute Gasteiger partial charge is 0.399 e. The Labute approximate surface area is 121 Å². The molecule has 0 aliphatic carbocycles. The van der Waals surface area contributed by atoms with Gasteiger partial charge in [0, 0.05) is 28.5 Å². The van der Waals surface area contributed by atoms with Crippen LogP contribution in [-0.2, 0) is 0 Å². The Kier molecular flexibility index (Phi) is 4.48. The van der Waals surface area contributed by atoms with Crippen molar-refractivity contribution >= 4 is 22.3 Å². The van der Waals surface area contributed by atoms with E-state index in [9.17, 15) is 0 Å². The van der Waals surface area contributed by atoms with Gasteiger partial charge in [-0.15, -0.1) is 0 Å². The third-order valence-corrected chi connectivity index (χ3v) is 3.54. The molecule has 0 aliphatic rings. The normalized spacial score (nSPS) is 12.8. The summed E-state index contributed by atoms with van der Waals surface area (Å²) < 4.78 is 0. The van der Waals surface area contributed by atoms with Gasteiger partial charge in [0.25, 0.3) is 0 Å². The van der Waals surface area contributed by atoms with Crippen molar-refractivity contribution in [3.05, 3.63) is 30.0 Å². The lowest BCUT2D eigenvalue weighted by molar-refractivity contribution is 0.528. The molecule has 108 valence electrons. The number of fused-ring (bicyclic) bond motifs is 1. The summed E-state index contributed by atoms with van der Waals surface area (Å²) in [6.45, 7) is 8.79. The van der Waals surface area contributed by atoms with E-state index in [1.807, 2.05) is 25.1 Å². The molecule has 3 heteroatoms. The summed E-state index contributed by atoms with van der Waals surface area (Å²) in [7, 11) is 0. The van der Waals surface area contributed by atoms with Gasteiger partial charge >= 0.3 is 0 Å². The monoisotopic (exact) mass is 271 g/mol. The molecule has 2 rings (SSSR count). The highest BCUT2D eigenvalue weighted by atomic mass is 14.9. The van der Waals surface area contributed by atoms with E-state index in [0.717, 1.165) is 33.9 Å². The first-order chi connectivity index (χ1) is 9.45. The summed E-state index contributed by atoms with van der Waals surface area (Å²) in [5.41, 5.74) is 9.84. The van der Waals surface area contributed by atoms with Crippen LogP contribution in [0.3, 0.4) is 0 Å². The smallest absolute Gasteiger partial charge is 0.0727 e. The topological polar surface area (TPSA) is 50.9 Å². The lowest BCUT2D eigenvalue weighted by Crippen LogP contribution is -2.16. The summed E-state index contributed by atoms with van der Waals surface area (Å²) in [5, 5.41) is 4.72. The maximum atomic E-state index is 5.90. The van der Waals surface area contributed by atoms with Gasteiger partial charge in [0.2, 0.25) is 0 Å². The minimum atomic E-state index is 0.448. The summed E-state index contributed by atoms with van der Waals surface area (Å²) in [6, 6.07) is 8.44. The fourth-order valence-corrected chi connectivity index (χ4v) is 2.42. The Balaban J connectivity index is 2.26. The van der Waals surface area contributed by atoms with E-state index in [-0.39, 0.29) is 0 Å². The van der Waals surface area contributed by atoms with Gasteiger partial charge in [-0.3, -0.25) is 4.98 Å². The second kappa shape index (κ2) is 6.12. The van der Waals surface area contributed by atoms with Crippen LogP contribution in [0.15, 0.2) is 24.3 Å². The van der Waals surface area contributed by atoms with E-state index in [4.69, 9.17) is 5.73 Å². The zero-order valence-electron chi connectivity index (χ0n) is 12.9. The molecule has 0 fully saturated rings.